The molecule has 2 aromatic rings. The van der Waals surface area contributed by atoms with Crippen molar-refractivity contribution in [1.29, 1.82) is 0 Å². The van der Waals surface area contributed by atoms with E-state index in [2.05, 4.69) is 5.32 Å². The van der Waals surface area contributed by atoms with E-state index in [0.717, 1.165) is 6.92 Å². The molecule has 0 radical (unpaired) electrons. The molecule has 0 aliphatic rings. The molecule has 3 atom stereocenters. The molecule has 2 aromatic carbocycles. The molecule has 2 N–H and O–H groups in total. The van der Waals surface area contributed by atoms with Gasteiger partial charge in [0, 0.05) is 5.02 Å². The van der Waals surface area contributed by atoms with Gasteiger partial charge in [-0.15, -0.1) is 0 Å². The van der Waals surface area contributed by atoms with Gasteiger partial charge in [0.1, 0.15) is 0 Å². The number of carbonyl (C=O) groups excluding carboxylic acids is 1. The van der Waals surface area contributed by atoms with Crippen molar-refractivity contribution in [1.82, 2.24) is 0 Å². The predicted octanol–water partition coefficient (Wildman–Crippen LogP) is 7.13. The highest BCUT2D eigenvalue weighted by atomic mass is 35.5. The maximum absolute atomic E-state index is 13.5. The fraction of sp³-hybridized carbons (Fsp3) is 0.391. The second kappa shape index (κ2) is 10.6. The highest BCUT2D eigenvalue weighted by Crippen LogP contribution is 2.39. The molecule has 0 aliphatic heterocycles. The van der Waals surface area contributed by atoms with E-state index in [1.54, 1.807) is 6.07 Å². The van der Waals surface area contributed by atoms with Crippen molar-refractivity contribution >= 4 is 40.8 Å². The summed E-state index contributed by atoms with van der Waals surface area (Å²) in [6, 6.07) is 10.3. The third kappa shape index (κ3) is 6.62. The van der Waals surface area contributed by atoms with Crippen molar-refractivity contribution in [2.75, 3.05) is 5.32 Å². The van der Waals surface area contributed by atoms with Crippen LogP contribution in [0, 0.1) is 11.8 Å². The fourth-order valence-corrected chi connectivity index (χ4v) is 3.82. The van der Waals surface area contributed by atoms with Crippen LogP contribution in [0.4, 0.5) is 18.9 Å². The number of carbonyl (C=O) groups is 2. The Morgan fingerprint density at radius 3 is 2.06 bits per heavy atom. The molecule has 4 nitrogen and oxygen atoms in total. The van der Waals surface area contributed by atoms with Gasteiger partial charge in [0.15, 0.2) is 0 Å². The zero-order valence-electron chi connectivity index (χ0n) is 17.7. The van der Waals surface area contributed by atoms with E-state index < -0.39 is 29.9 Å². The average Bonchev–Trinajstić information content (AvgIpc) is 2.68. The summed E-state index contributed by atoms with van der Waals surface area (Å²) < 4.78 is 40.6. The lowest BCUT2D eigenvalue weighted by Gasteiger charge is -2.26. The number of alkyl halides is 3. The number of anilines is 1. The third-order valence-corrected chi connectivity index (χ3v) is 5.99. The molecule has 0 saturated carbocycles. The number of carboxylic acid groups (broad SMARTS) is 1. The summed E-state index contributed by atoms with van der Waals surface area (Å²) in [5, 5.41) is 12.2. The van der Waals surface area contributed by atoms with Crippen molar-refractivity contribution in [2.24, 2.45) is 11.8 Å². The van der Waals surface area contributed by atoms with Gasteiger partial charge in [-0.1, -0.05) is 62.2 Å². The van der Waals surface area contributed by atoms with Crippen molar-refractivity contribution in [3.8, 4) is 0 Å². The van der Waals surface area contributed by atoms with Crippen LogP contribution in [0.15, 0.2) is 42.5 Å². The highest BCUT2D eigenvalue weighted by Gasteiger charge is 2.45. The topological polar surface area (TPSA) is 66.4 Å². The quantitative estimate of drug-likeness (QED) is 0.414. The van der Waals surface area contributed by atoms with Gasteiger partial charge in [-0.25, -0.2) is 0 Å². The van der Waals surface area contributed by atoms with Crippen LogP contribution in [0.2, 0.25) is 10.0 Å². The number of rotatable bonds is 8. The zero-order chi connectivity index (χ0) is 24.2. The maximum atomic E-state index is 13.5. The van der Waals surface area contributed by atoms with E-state index in [-0.39, 0.29) is 34.5 Å². The minimum Gasteiger partial charge on any atom is -0.481 e. The maximum Gasteiger partial charge on any atom is 0.392 e. The van der Waals surface area contributed by atoms with Gasteiger partial charge < -0.3 is 10.4 Å². The standard InChI is InChI=1S/C23H24Cl2F3NO3/c1-12(2)17(11-20(30)31)15-6-9-18(25)19(10-15)29-22(32)21(13(3)23(26,27)28)14-4-7-16(24)8-5-14/h4-10,12-13,17,21H,11H2,1-3H3,(H,29,32)(H,30,31)/t13-,17?,21+/m1/s1. The van der Waals surface area contributed by atoms with E-state index in [1.807, 2.05) is 13.8 Å². The molecular weight excluding hydrogens is 466 g/mol. The Bertz CT molecular complexity index is 962. The molecule has 0 aliphatic carbocycles. The lowest BCUT2D eigenvalue weighted by molar-refractivity contribution is -0.178. The summed E-state index contributed by atoms with van der Waals surface area (Å²) >= 11 is 12.0. The van der Waals surface area contributed by atoms with Crippen LogP contribution in [-0.2, 0) is 9.59 Å². The molecule has 174 valence electrons. The summed E-state index contributed by atoms with van der Waals surface area (Å²) in [5.41, 5.74) is 0.905. The minimum atomic E-state index is -4.61. The highest BCUT2D eigenvalue weighted by molar-refractivity contribution is 6.33. The van der Waals surface area contributed by atoms with E-state index in [1.165, 1.54) is 36.4 Å². The lowest BCUT2D eigenvalue weighted by Crippen LogP contribution is -2.34. The van der Waals surface area contributed by atoms with Gasteiger partial charge in [-0.2, -0.15) is 13.2 Å². The number of aliphatic carboxylic acids is 1. The number of nitrogens with one attached hydrogen (secondary N) is 1. The van der Waals surface area contributed by atoms with Crippen LogP contribution >= 0.6 is 23.2 Å². The van der Waals surface area contributed by atoms with E-state index in [9.17, 15) is 27.9 Å². The molecule has 0 saturated heterocycles. The van der Waals surface area contributed by atoms with E-state index in [4.69, 9.17) is 23.2 Å². The Balaban J connectivity index is 2.42. The first-order chi connectivity index (χ1) is 14.8. The Morgan fingerprint density at radius 1 is 1.00 bits per heavy atom. The molecule has 32 heavy (non-hydrogen) atoms. The van der Waals surface area contributed by atoms with Crippen LogP contribution in [0.5, 0.6) is 0 Å². The van der Waals surface area contributed by atoms with Gasteiger partial charge in [0.2, 0.25) is 5.91 Å². The predicted molar refractivity (Wildman–Crippen MR) is 119 cm³/mol. The average molecular weight is 490 g/mol. The molecule has 9 heteroatoms. The summed E-state index contributed by atoms with van der Waals surface area (Å²) in [5.74, 6) is -5.75. The number of benzene rings is 2. The van der Waals surface area contributed by atoms with Gasteiger partial charge in [-0.3, -0.25) is 9.59 Å². The molecular formula is C23H24Cl2F3NO3. The first-order valence-electron chi connectivity index (χ1n) is 9.95. The van der Waals surface area contributed by atoms with Gasteiger partial charge in [0.05, 0.1) is 29.0 Å². The number of carboxylic acids is 1. The minimum absolute atomic E-state index is 0.0251. The van der Waals surface area contributed by atoms with Crippen LogP contribution in [0.1, 0.15) is 50.2 Å². The Labute approximate surface area is 194 Å². The summed E-state index contributed by atoms with van der Waals surface area (Å²) in [4.78, 5) is 24.3. The number of amides is 1. The number of hydrogen-bond donors (Lipinski definition) is 2. The zero-order valence-corrected chi connectivity index (χ0v) is 19.2. The Hall–Kier alpha value is -2.25. The molecule has 0 bridgehead atoms. The SMILES string of the molecule is CC(C)C(CC(=O)O)c1ccc(Cl)c(NC(=O)[C@H](c2ccc(Cl)cc2)[C@@H](C)C(F)(F)F)c1. The van der Waals surface area contributed by atoms with Crippen molar-refractivity contribution in [2.45, 2.75) is 45.2 Å². The molecule has 0 spiro atoms. The monoisotopic (exact) mass is 489 g/mol. The number of hydrogen-bond acceptors (Lipinski definition) is 2. The molecule has 0 aromatic heterocycles. The van der Waals surface area contributed by atoms with Crippen molar-refractivity contribution < 1.29 is 27.9 Å². The van der Waals surface area contributed by atoms with Gasteiger partial charge in [0.25, 0.3) is 0 Å². The summed E-state index contributed by atoms with van der Waals surface area (Å²) in [6.07, 6.45) is -4.75. The van der Waals surface area contributed by atoms with Crippen molar-refractivity contribution in [3.63, 3.8) is 0 Å². The van der Waals surface area contributed by atoms with E-state index in [0.29, 0.717) is 10.6 Å². The lowest BCUT2D eigenvalue weighted by atomic mass is 9.85. The fourth-order valence-electron chi connectivity index (χ4n) is 3.53. The molecule has 0 fully saturated rings. The summed E-state index contributed by atoms with van der Waals surface area (Å²) in [6.45, 7) is 4.67. The normalized spacial score (nSPS) is 14.7. The van der Waals surface area contributed by atoms with Crippen LogP contribution in [0.25, 0.3) is 0 Å². The first kappa shape index (κ1) is 26.0. The van der Waals surface area contributed by atoms with Gasteiger partial charge in [-0.05, 0) is 47.2 Å². The van der Waals surface area contributed by atoms with E-state index >= 15 is 0 Å². The van der Waals surface area contributed by atoms with Gasteiger partial charge >= 0.3 is 12.1 Å². The Kier molecular flexibility index (Phi) is 8.60. The molecule has 1 amide bonds. The molecule has 0 heterocycles. The molecule has 2 rings (SSSR count). The van der Waals surface area contributed by atoms with Crippen LogP contribution in [0.3, 0.4) is 0 Å². The second-order valence-corrected chi connectivity index (χ2v) is 8.88. The summed E-state index contributed by atoms with van der Waals surface area (Å²) in [7, 11) is 0. The largest absolute Gasteiger partial charge is 0.481 e. The second-order valence-electron chi connectivity index (χ2n) is 8.04. The Morgan fingerprint density at radius 2 is 1.56 bits per heavy atom. The van der Waals surface area contributed by atoms with Crippen molar-refractivity contribution in [3.05, 3.63) is 63.6 Å². The first-order valence-corrected chi connectivity index (χ1v) is 10.7. The van der Waals surface area contributed by atoms with Crippen LogP contribution < -0.4 is 5.32 Å². The van der Waals surface area contributed by atoms with Crippen LogP contribution in [-0.4, -0.2) is 23.2 Å². The number of halogens is 5. The third-order valence-electron chi connectivity index (χ3n) is 5.40. The smallest absolute Gasteiger partial charge is 0.392 e. The molecule has 1 unspecified atom stereocenters.